The van der Waals surface area contributed by atoms with E-state index in [1.807, 2.05) is 25.1 Å². The fourth-order valence-electron chi connectivity index (χ4n) is 2.03. The van der Waals surface area contributed by atoms with Crippen LogP contribution in [-0.2, 0) is 4.79 Å². The SMILES string of the molecule is C=C(c1ccc(C(=O)C(C)=O)cc1)c1ccoc1/C=C\C. The van der Waals surface area contributed by atoms with Crippen molar-refractivity contribution in [2.45, 2.75) is 13.8 Å². The van der Waals surface area contributed by atoms with Crippen molar-refractivity contribution in [2.75, 3.05) is 0 Å². The molecular formula is C18H16O3. The van der Waals surface area contributed by atoms with Crippen LogP contribution < -0.4 is 0 Å². The molecule has 0 aliphatic rings. The van der Waals surface area contributed by atoms with Gasteiger partial charge in [-0.1, -0.05) is 36.9 Å². The monoisotopic (exact) mass is 280 g/mol. The molecule has 0 bridgehead atoms. The van der Waals surface area contributed by atoms with Crippen LogP contribution in [0.4, 0.5) is 0 Å². The zero-order valence-corrected chi connectivity index (χ0v) is 12.1. The molecule has 1 aromatic carbocycles. The van der Waals surface area contributed by atoms with Crippen molar-refractivity contribution < 1.29 is 14.0 Å². The second-order valence-corrected chi connectivity index (χ2v) is 4.64. The molecule has 2 aromatic rings. The fraction of sp³-hybridized carbons (Fsp3) is 0.111. The highest BCUT2D eigenvalue weighted by Crippen LogP contribution is 2.26. The molecule has 3 nitrogen and oxygen atoms in total. The summed E-state index contributed by atoms with van der Waals surface area (Å²) in [5, 5.41) is 0. The molecule has 106 valence electrons. The molecule has 0 saturated heterocycles. The average molecular weight is 280 g/mol. The Balaban J connectivity index is 2.30. The van der Waals surface area contributed by atoms with E-state index in [0.29, 0.717) is 5.56 Å². The highest BCUT2D eigenvalue weighted by Gasteiger charge is 2.13. The molecule has 0 saturated carbocycles. The number of hydrogen-bond acceptors (Lipinski definition) is 3. The van der Waals surface area contributed by atoms with Gasteiger partial charge in [-0.05, 0) is 30.2 Å². The lowest BCUT2D eigenvalue weighted by molar-refractivity contribution is -0.113. The van der Waals surface area contributed by atoms with Gasteiger partial charge in [0.2, 0.25) is 5.78 Å². The van der Waals surface area contributed by atoms with Crippen LogP contribution in [-0.4, -0.2) is 11.6 Å². The lowest BCUT2D eigenvalue weighted by atomic mass is 9.97. The van der Waals surface area contributed by atoms with Crippen LogP contribution in [0.1, 0.15) is 41.1 Å². The Morgan fingerprint density at radius 2 is 1.71 bits per heavy atom. The van der Waals surface area contributed by atoms with Gasteiger partial charge >= 0.3 is 0 Å². The molecule has 0 amide bonds. The van der Waals surface area contributed by atoms with E-state index in [0.717, 1.165) is 22.5 Å². The summed E-state index contributed by atoms with van der Waals surface area (Å²) >= 11 is 0. The number of benzene rings is 1. The molecular weight excluding hydrogens is 264 g/mol. The molecule has 0 spiro atoms. The highest BCUT2D eigenvalue weighted by atomic mass is 16.3. The van der Waals surface area contributed by atoms with Crippen molar-refractivity contribution in [1.82, 2.24) is 0 Å². The zero-order chi connectivity index (χ0) is 15.4. The van der Waals surface area contributed by atoms with Gasteiger partial charge in [0.15, 0.2) is 5.78 Å². The van der Waals surface area contributed by atoms with Gasteiger partial charge in [0.05, 0.1) is 6.26 Å². The maximum Gasteiger partial charge on any atom is 0.228 e. The van der Waals surface area contributed by atoms with E-state index < -0.39 is 11.6 Å². The number of Topliss-reactive ketones (excluding diaryl/α,β-unsaturated/α-hetero) is 2. The van der Waals surface area contributed by atoms with Crippen LogP contribution in [0.2, 0.25) is 0 Å². The second-order valence-electron chi connectivity index (χ2n) is 4.64. The van der Waals surface area contributed by atoms with E-state index in [1.165, 1.54) is 6.92 Å². The van der Waals surface area contributed by atoms with E-state index >= 15 is 0 Å². The number of allylic oxidation sites excluding steroid dienone is 1. The maximum atomic E-state index is 11.6. The van der Waals surface area contributed by atoms with Crippen molar-refractivity contribution in [3.05, 3.63) is 71.7 Å². The van der Waals surface area contributed by atoms with Gasteiger partial charge in [0, 0.05) is 18.1 Å². The van der Waals surface area contributed by atoms with Gasteiger partial charge in [-0.15, -0.1) is 0 Å². The Labute approximate surface area is 123 Å². The molecule has 0 N–H and O–H groups in total. The summed E-state index contributed by atoms with van der Waals surface area (Å²) in [5.41, 5.74) is 2.97. The van der Waals surface area contributed by atoms with Gasteiger partial charge in [-0.3, -0.25) is 9.59 Å². The minimum absolute atomic E-state index is 0.389. The van der Waals surface area contributed by atoms with Gasteiger partial charge < -0.3 is 4.42 Å². The highest BCUT2D eigenvalue weighted by molar-refractivity contribution is 6.42. The first kappa shape index (κ1) is 14.7. The summed E-state index contributed by atoms with van der Waals surface area (Å²) in [6, 6.07) is 8.70. The Hall–Kier alpha value is -2.68. The third-order valence-electron chi connectivity index (χ3n) is 3.15. The fourth-order valence-corrected chi connectivity index (χ4v) is 2.03. The summed E-state index contributed by atoms with van der Waals surface area (Å²) < 4.78 is 5.39. The van der Waals surface area contributed by atoms with E-state index in [-0.39, 0.29) is 0 Å². The van der Waals surface area contributed by atoms with Crippen LogP contribution in [0.3, 0.4) is 0 Å². The van der Waals surface area contributed by atoms with E-state index in [4.69, 9.17) is 4.42 Å². The number of furan rings is 1. The topological polar surface area (TPSA) is 47.3 Å². The lowest BCUT2D eigenvalue weighted by Gasteiger charge is -2.06. The molecule has 0 radical (unpaired) electrons. The van der Waals surface area contributed by atoms with E-state index in [2.05, 4.69) is 6.58 Å². The van der Waals surface area contributed by atoms with Crippen molar-refractivity contribution in [3.63, 3.8) is 0 Å². The molecule has 21 heavy (non-hydrogen) atoms. The zero-order valence-electron chi connectivity index (χ0n) is 12.1. The standard InChI is InChI=1S/C18H16O3/c1-4-5-17-16(10-11-21-17)12(2)14-6-8-15(9-7-14)18(20)13(3)19/h4-11H,2H2,1,3H3/b5-4-. The largest absolute Gasteiger partial charge is 0.464 e. The van der Waals surface area contributed by atoms with Crippen LogP contribution in [0.15, 0.2) is 53.7 Å². The third kappa shape index (κ3) is 3.08. The second kappa shape index (κ2) is 6.18. The third-order valence-corrected chi connectivity index (χ3v) is 3.15. The van der Waals surface area contributed by atoms with Gasteiger partial charge in [0.25, 0.3) is 0 Å². The number of rotatable bonds is 5. The molecule has 2 rings (SSSR count). The molecule has 1 aromatic heterocycles. The lowest BCUT2D eigenvalue weighted by Crippen LogP contribution is -2.09. The number of hydrogen-bond donors (Lipinski definition) is 0. The Morgan fingerprint density at radius 1 is 1.10 bits per heavy atom. The molecule has 0 fully saturated rings. The molecule has 0 unspecified atom stereocenters. The quantitative estimate of drug-likeness (QED) is 0.610. The smallest absolute Gasteiger partial charge is 0.228 e. The average Bonchev–Trinajstić information content (AvgIpc) is 2.94. The first-order valence-corrected chi connectivity index (χ1v) is 6.59. The van der Waals surface area contributed by atoms with Crippen molar-refractivity contribution in [1.29, 1.82) is 0 Å². The molecule has 3 heteroatoms. The Morgan fingerprint density at radius 3 is 2.29 bits per heavy atom. The Bertz CT molecular complexity index is 715. The summed E-state index contributed by atoms with van der Waals surface area (Å²) in [5.74, 6) is -0.205. The predicted octanol–water partition coefficient (Wildman–Crippen LogP) is 4.15. The van der Waals surface area contributed by atoms with Crippen molar-refractivity contribution >= 4 is 23.2 Å². The molecule has 0 aliphatic carbocycles. The summed E-state index contributed by atoms with van der Waals surface area (Å²) in [6.45, 7) is 7.26. The van der Waals surface area contributed by atoms with Crippen LogP contribution in [0.25, 0.3) is 11.6 Å². The Kier molecular flexibility index (Phi) is 4.33. The van der Waals surface area contributed by atoms with Gasteiger partial charge in [-0.25, -0.2) is 0 Å². The molecule has 0 aliphatic heterocycles. The van der Waals surface area contributed by atoms with Crippen LogP contribution in [0.5, 0.6) is 0 Å². The first-order valence-electron chi connectivity index (χ1n) is 6.59. The maximum absolute atomic E-state index is 11.6. The van der Waals surface area contributed by atoms with Crippen LogP contribution in [0, 0.1) is 0 Å². The van der Waals surface area contributed by atoms with E-state index in [9.17, 15) is 9.59 Å². The predicted molar refractivity (Wildman–Crippen MR) is 83.0 cm³/mol. The molecule has 1 heterocycles. The summed E-state index contributed by atoms with van der Waals surface area (Å²) in [4.78, 5) is 22.7. The number of carbonyl (C=O) groups is 2. The minimum Gasteiger partial charge on any atom is -0.464 e. The number of carbonyl (C=O) groups excluding carboxylic acids is 2. The van der Waals surface area contributed by atoms with E-state index in [1.54, 1.807) is 30.5 Å². The first-order chi connectivity index (χ1) is 10.0. The number of ketones is 2. The van der Waals surface area contributed by atoms with Gasteiger partial charge in [-0.2, -0.15) is 0 Å². The van der Waals surface area contributed by atoms with Crippen molar-refractivity contribution in [3.8, 4) is 0 Å². The minimum atomic E-state index is -0.481. The van der Waals surface area contributed by atoms with Crippen LogP contribution >= 0.6 is 0 Å². The molecule has 0 atom stereocenters. The van der Waals surface area contributed by atoms with Gasteiger partial charge in [0.1, 0.15) is 5.76 Å². The summed E-state index contributed by atoms with van der Waals surface area (Å²) in [7, 11) is 0. The van der Waals surface area contributed by atoms with Crippen molar-refractivity contribution in [2.24, 2.45) is 0 Å². The summed E-state index contributed by atoms with van der Waals surface area (Å²) in [6.07, 6.45) is 5.38. The normalized spacial score (nSPS) is 10.8.